The van der Waals surface area contributed by atoms with Crippen LogP contribution in [0.15, 0.2) is 54.9 Å². The second kappa shape index (κ2) is 10.3. The van der Waals surface area contributed by atoms with Crippen LogP contribution in [-0.2, 0) is 16.0 Å². The molecule has 1 atom stereocenters. The topological polar surface area (TPSA) is 115 Å². The van der Waals surface area contributed by atoms with Crippen LogP contribution in [0.25, 0.3) is 0 Å². The molecule has 1 aliphatic carbocycles. The van der Waals surface area contributed by atoms with Crippen LogP contribution in [0, 0.1) is 5.82 Å². The second-order valence-corrected chi connectivity index (χ2v) is 9.07. The van der Waals surface area contributed by atoms with E-state index in [0.29, 0.717) is 29.2 Å². The maximum Gasteiger partial charge on any atom is 0.342 e. The smallest absolute Gasteiger partial charge is 0.342 e. The van der Waals surface area contributed by atoms with Crippen molar-refractivity contribution in [3.8, 4) is 11.5 Å². The zero-order chi connectivity index (χ0) is 25.9. The van der Waals surface area contributed by atoms with Gasteiger partial charge in [-0.15, -0.1) is 0 Å². The lowest BCUT2D eigenvalue weighted by Gasteiger charge is -2.20. The maximum atomic E-state index is 13.4. The largest absolute Gasteiger partial charge is 0.489 e. The molecule has 0 spiro atoms. The highest BCUT2D eigenvalue weighted by Crippen LogP contribution is 2.34. The lowest BCUT2D eigenvalue weighted by atomic mass is 10.1. The molecule has 2 heterocycles. The number of likely N-dealkylation sites (N-methyl/N-ethyl adjacent to an activating group) is 1. The number of ether oxygens (including phenoxy) is 2. The zero-order valence-corrected chi connectivity index (χ0v) is 20.1. The number of nitrogens with one attached hydrogen (secondary N) is 2. The van der Waals surface area contributed by atoms with E-state index < -0.39 is 12.1 Å². The number of carbonyl (C=O) groups excluding carboxylic acids is 3. The van der Waals surface area contributed by atoms with E-state index in [4.69, 9.17) is 9.47 Å². The van der Waals surface area contributed by atoms with Gasteiger partial charge in [0, 0.05) is 31.8 Å². The van der Waals surface area contributed by atoms with E-state index in [-0.39, 0.29) is 36.9 Å². The number of carbonyl (C=O) groups is 3. The molecule has 0 unspecified atom stereocenters. The van der Waals surface area contributed by atoms with Gasteiger partial charge in [0.15, 0.2) is 6.61 Å². The SMILES string of the molecule is CN1C(=O)[C@@H](NC(=O)n2cc(Cc3cccc(F)c3)cn2)COc2ccc(OCC(=O)NC3CC3)cc21. The van der Waals surface area contributed by atoms with E-state index in [9.17, 15) is 18.8 Å². The predicted molar refractivity (Wildman–Crippen MR) is 131 cm³/mol. The Balaban J connectivity index is 1.21. The molecule has 11 heteroatoms. The summed E-state index contributed by atoms with van der Waals surface area (Å²) in [6.07, 6.45) is 5.43. The minimum Gasteiger partial charge on any atom is -0.489 e. The molecule has 1 fully saturated rings. The van der Waals surface area contributed by atoms with Crippen LogP contribution < -0.4 is 25.0 Å². The fourth-order valence-electron chi connectivity index (χ4n) is 3.98. The average molecular weight is 508 g/mol. The number of fused-ring (bicyclic) bond motifs is 1. The number of aromatic nitrogens is 2. The van der Waals surface area contributed by atoms with E-state index in [0.717, 1.165) is 23.1 Å². The first-order chi connectivity index (χ1) is 17.9. The van der Waals surface area contributed by atoms with E-state index in [1.54, 1.807) is 37.4 Å². The third-order valence-electron chi connectivity index (χ3n) is 6.08. The quantitative estimate of drug-likeness (QED) is 0.507. The minimum absolute atomic E-state index is 0.0800. The standard InChI is InChI=1S/C26H26FN5O5/c1-31-22-11-20(36-15-24(33)29-19-5-6-19)7-8-23(22)37-14-21(25(31)34)30-26(35)32-13-17(12-28-32)9-16-3-2-4-18(27)10-16/h2-4,7-8,10-13,19,21H,5-6,9,14-15H2,1H3,(H,29,33)(H,30,35)/t21-/m0/s1. The van der Waals surface area contributed by atoms with Gasteiger partial charge in [-0.3, -0.25) is 9.59 Å². The predicted octanol–water partition coefficient (Wildman–Crippen LogP) is 2.25. The van der Waals surface area contributed by atoms with Crippen molar-refractivity contribution in [2.45, 2.75) is 31.3 Å². The lowest BCUT2D eigenvalue weighted by Crippen LogP contribution is -2.50. The van der Waals surface area contributed by atoms with Gasteiger partial charge in [0.25, 0.3) is 11.8 Å². The van der Waals surface area contributed by atoms with Crippen molar-refractivity contribution < 1.29 is 28.2 Å². The molecule has 5 rings (SSSR count). The van der Waals surface area contributed by atoms with Gasteiger partial charge in [-0.25, -0.2) is 9.18 Å². The van der Waals surface area contributed by atoms with Crippen LogP contribution in [-0.4, -0.2) is 60.0 Å². The summed E-state index contributed by atoms with van der Waals surface area (Å²) in [4.78, 5) is 39.2. The van der Waals surface area contributed by atoms with Crippen molar-refractivity contribution in [3.63, 3.8) is 0 Å². The monoisotopic (exact) mass is 507 g/mol. The first-order valence-electron chi connectivity index (χ1n) is 11.9. The normalized spacial score (nSPS) is 16.9. The van der Waals surface area contributed by atoms with Crippen LogP contribution in [0.4, 0.5) is 14.9 Å². The van der Waals surface area contributed by atoms with Gasteiger partial charge in [0.05, 0.1) is 11.9 Å². The molecule has 1 aromatic heterocycles. The highest BCUT2D eigenvalue weighted by molar-refractivity contribution is 6.00. The molecule has 10 nitrogen and oxygen atoms in total. The van der Waals surface area contributed by atoms with Crippen molar-refractivity contribution in [2.24, 2.45) is 0 Å². The van der Waals surface area contributed by atoms with Crippen molar-refractivity contribution in [3.05, 3.63) is 71.8 Å². The summed E-state index contributed by atoms with van der Waals surface area (Å²) < 4.78 is 25.9. The van der Waals surface area contributed by atoms with E-state index in [1.165, 1.54) is 29.4 Å². The summed E-state index contributed by atoms with van der Waals surface area (Å²) in [7, 11) is 1.57. The van der Waals surface area contributed by atoms with E-state index >= 15 is 0 Å². The minimum atomic E-state index is -0.963. The first-order valence-corrected chi connectivity index (χ1v) is 11.9. The lowest BCUT2D eigenvalue weighted by molar-refractivity contribution is -0.123. The summed E-state index contributed by atoms with van der Waals surface area (Å²) in [5.41, 5.74) is 1.92. The highest BCUT2D eigenvalue weighted by atomic mass is 19.1. The third kappa shape index (κ3) is 5.88. The van der Waals surface area contributed by atoms with Gasteiger partial charge < -0.3 is 25.0 Å². The zero-order valence-electron chi connectivity index (χ0n) is 20.1. The van der Waals surface area contributed by atoms with Gasteiger partial charge in [0.1, 0.15) is 30.0 Å². The van der Waals surface area contributed by atoms with E-state index in [2.05, 4.69) is 15.7 Å². The summed E-state index contributed by atoms with van der Waals surface area (Å²) >= 11 is 0. The fraction of sp³-hybridized carbons (Fsp3) is 0.308. The molecule has 1 aliphatic heterocycles. The maximum absolute atomic E-state index is 13.4. The molecular formula is C26H26FN5O5. The summed E-state index contributed by atoms with van der Waals surface area (Å²) in [6.45, 7) is -0.207. The summed E-state index contributed by atoms with van der Waals surface area (Å²) in [6, 6.07) is 9.81. The molecule has 2 aliphatic rings. The van der Waals surface area contributed by atoms with Crippen molar-refractivity contribution >= 4 is 23.5 Å². The summed E-state index contributed by atoms with van der Waals surface area (Å²) in [5, 5.41) is 9.58. The fourth-order valence-corrected chi connectivity index (χ4v) is 3.98. The number of nitrogens with zero attached hydrogens (tertiary/aromatic N) is 3. The van der Waals surface area contributed by atoms with Crippen molar-refractivity contribution in [1.29, 1.82) is 0 Å². The van der Waals surface area contributed by atoms with Crippen molar-refractivity contribution in [1.82, 2.24) is 20.4 Å². The second-order valence-electron chi connectivity index (χ2n) is 9.07. The number of rotatable bonds is 7. The van der Waals surface area contributed by atoms with Crippen molar-refractivity contribution in [2.75, 3.05) is 25.2 Å². The van der Waals surface area contributed by atoms with E-state index in [1.807, 2.05) is 0 Å². The third-order valence-corrected chi connectivity index (χ3v) is 6.08. The first kappa shape index (κ1) is 24.3. The molecule has 0 saturated heterocycles. The number of halogens is 1. The van der Waals surface area contributed by atoms with Gasteiger partial charge in [-0.1, -0.05) is 12.1 Å². The number of hydrogen-bond donors (Lipinski definition) is 2. The van der Waals surface area contributed by atoms with Crippen LogP contribution in [0.5, 0.6) is 11.5 Å². The Bertz CT molecular complexity index is 1340. The molecule has 192 valence electrons. The number of anilines is 1. The molecule has 37 heavy (non-hydrogen) atoms. The average Bonchev–Trinajstić information content (AvgIpc) is 3.59. The van der Waals surface area contributed by atoms with Gasteiger partial charge >= 0.3 is 6.03 Å². The Morgan fingerprint density at radius 1 is 1.16 bits per heavy atom. The Morgan fingerprint density at radius 3 is 2.78 bits per heavy atom. The van der Waals surface area contributed by atoms with Gasteiger partial charge in [-0.05, 0) is 48.2 Å². The van der Waals surface area contributed by atoms with Crippen LogP contribution in [0.3, 0.4) is 0 Å². The van der Waals surface area contributed by atoms with Crippen LogP contribution in [0.2, 0.25) is 0 Å². The number of benzene rings is 2. The van der Waals surface area contributed by atoms with Crippen LogP contribution >= 0.6 is 0 Å². The van der Waals surface area contributed by atoms with Crippen LogP contribution in [0.1, 0.15) is 24.0 Å². The molecule has 2 N–H and O–H groups in total. The molecule has 2 aromatic carbocycles. The molecule has 1 saturated carbocycles. The molecule has 0 bridgehead atoms. The van der Waals surface area contributed by atoms with Gasteiger partial charge in [0.2, 0.25) is 0 Å². The Morgan fingerprint density at radius 2 is 2.00 bits per heavy atom. The highest BCUT2D eigenvalue weighted by Gasteiger charge is 2.31. The molecule has 0 radical (unpaired) electrons. The Kier molecular flexibility index (Phi) is 6.76. The number of hydrogen-bond acceptors (Lipinski definition) is 6. The Hall–Kier alpha value is -4.41. The molecule has 3 aromatic rings. The van der Waals surface area contributed by atoms with Gasteiger partial charge in [-0.2, -0.15) is 9.78 Å². The summed E-state index contributed by atoms with van der Waals surface area (Å²) in [5.74, 6) is -0.0597. The number of amides is 3. The molecular weight excluding hydrogens is 481 g/mol. The Labute approximate surface area is 212 Å². The molecule has 3 amide bonds.